The second kappa shape index (κ2) is 5.65. The fraction of sp³-hybridized carbons (Fsp3) is 0.462. The molecule has 1 heterocycles. The minimum atomic E-state index is 0.0168. The van der Waals surface area contributed by atoms with Gasteiger partial charge in [0.2, 0.25) is 0 Å². The van der Waals surface area contributed by atoms with Crippen LogP contribution in [-0.2, 0) is 0 Å². The van der Waals surface area contributed by atoms with Gasteiger partial charge in [-0.05, 0) is 50.1 Å². The van der Waals surface area contributed by atoms with E-state index in [1.165, 1.54) is 0 Å². The Balaban J connectivity index is 2.03. The summed E-state index contributed by atoms with van der Waals surface area (Å²) in [5.74, 6) is 0.0168. The average molecular weight is 297 g/mol. The van der Waals surface area contributed by atoms with Crippen LogP contribution in [0.2, 0.25) is 0 Å². The van der Waals surface area contributed by atoms with Gasteiger partial charge in [0.05, 0.1) is 0 Å². The quantitative estimate of drug-likeness (QED) is 0.879. The van der Waals surface area contributed by atoms with Crippen LogP contribution in [0, 0.1) is 6.92 Å². The Morgan fingerprint density at radius 1 is 1.47 bits per heavy atom. The Morgan fingerprint density at radius 3 is 2.94 bits per heavy atom. The van der Waals surface area contributed by atoms with Crippen LogP contribution in [0.4, 0.5) is 0 Å². The number of carbonyl (C=O) groups excluding carboxylic acids is 1. The van der Waals surface area contributed by atoms with Crippen LogP contribution in [0.5, 0.6) is 0 Å². The summed E-state index contributed by atoms with van der Waals surface area (Å²) in [6, 6.07) is 6.03. The summed E-state index contributed by atoms with van der Waals surface area (Å²) >= 11 is 3.41. The van der Waals surface area contributed by atoms with E-state index in [0.717, 1.165) is 41.5 Å². The zero-order valence-electron chi connectivity index (χ0n) is 9.92. The molecule has 2 N–H and O–H groups in total. The molecule has 0 spiro atoms. The zero-order chi connectivity index (χ0) is 12.3. The molecular weight excluding hydrogens is 280 g/mol. The fourth-order valence-corrected chi connectivity index (χ4v) is 2.72. The molecule has 1 saturated heterocycles. The average Bonchev–Trinajstić information content (AvgIpc) is 2.29. The Bertz CT molecular complexity index is 394. The predicted molar refractivity (Wildman–Crippen MR) is 72.2 cm³/mol. The fourth-order valence-electron chi connectivity index (χ4n) is 2.11. The maximum absolute atomic E-state index is 12.1. The van der Waals surface area contributed by atoms with Crippen LogP contribution in [-0.4, -0.2) is 25.0 Å². The number of carbonyl (C=O) groups is 1. The van der Waals surface area contributed by atoms with Crippen LogP contribution in [0.1, 0.15) is 28.8 Å². The molecule has 0 aliphatic carbocycles. The lowest BCUT2D eigenvalue weighted by atomic mass is 10.1. The summed E-state index contributed by atoms with van der Waals surface area (Å²) in [4.78, 5) is 12.1. The molecule has 3 nitrogen and oxygen atoms in total. The smallest absolute Gasteiger partial charge is 0.251 e. The van der Waals surface area contributed by atoms with Gasteiger partial charge in [-0.2, -0.15) is 0 Å². The third-order valence-corrected chi connectivity index (χ3v) is 3.39. The lowest BCUT2D eigenvalue weighted by Gasteiger charge is -2.23. The molecule has 0 bridgehead atoms. The van der Waals surface area contributed by atoms with Crippen molar-refractivity contribution in [3.63, 3.8) is 0 Å². The molecule has 0 radical (unpaired) electrons. The second-order valence-electron chi connectivity index (χ2n) is 4.53. The number of rotatable bonds is 2. The van der Waals surface area contributed by atoms with Crippen molar-refractivity contribution >= 4 is 21.8 Å². The normalized spacial score (nSPS) is 20.0. The molecule has 1 aliphatic heterocycles. The standard InChI is InChI=1S/C13H17BrN2O/c1-9-5-10(7-11(14)6-9)13(17)16-12-3-2-4-15-8-12/h5-7,12,15H,2-4,8H2,1H3,(H,16,17). The number of aryl methyl sites for hydroxylation is 1. The Labute approximate surface area is 110 Å². The highest BCUT2D eigenvalue weighted by Crippen LogP contribution is 2.15. The van der Waals surface area contributed by atoms with Gasteiger partial charge in [0.25, 0.3) is 5.91 Å². The van der Waals surface area contributed by atoms with Gasteiger partial charge < -0.3 is 10.6 Å². The molecule has 1 unspecified atom stereocenters. The molecule has 4 heteroatoms. The number of hydrogen-bond donors (Lipinski definition) is 2. The van der Waals surface area contributed by atoms with Gasteiger partial charge >= 0.3 is 0 Å². The summed E-state index contributed by atoms with van der Waals surface area (Å²) in [5, 5.41) is 6.36. The SMILES string of the molecule is Cc1cc(Br)cc(C(=O)NC2CCCNC2)c1. The van der Waals surface area contributed by atoms with Crippen molar-refractivity contribution in [3.05, 3.63) is 33.8 Å². The number of hydrogen-bond acceptors (Lipinski definition) is 2. The van der Waals surface area contributed by atoms with E-state index in [-0.39, 0.29) is 11.9 Å². The summed E-state index contributed by atoms with van der Waals surface area (Å²) in [7, 11) is 0. The van der Waals surface area contributed by atoms with E-state index >= 15 is 0 Å². The number of halogens is 1. The molecule has 1 amide bonds. The highest BCUT2D eigenvalue weighted by atomic mass is 79.9. The first-order chi connectivity index (χ1) is 8.15. The molecule has 92 valence electrons. The number of piperidine rings is 1. The maximum atomic E-state index is 12.1. The lowest BCUT2D eigenvalue weighted by Crippen LogP contribution is -2.45. The monoisotopic (exact) mass is 296 g/mol. The minimum absolute atomic E-state index is 0.0168. The number of nitrogens with one attached hydrogen (secondary N) is 2. The lowest BCUT2D eigenvalue weighted by molar-refractivity contribution is 0.0930. The van der Waals surface area contributed by atoms with Gasteiger partial charge in [0.15, 0.2) is 0 Å². The zero-order valence-corrected chi connectivity index (χ0v) is 11.5. The first kappa shape index (κ1) is 12.6. The Morgan fingerprint density at radius 2 is 2.29 bits per heavy atom. The molecule has 17 heavy (non-hydrogen) atoms. The van der Waals surface area contributed by atoms with Gasteiger partial charge in [0.1, 0.15) is 0 Å². The van der Waals surface area contributed by atoms with Crippen molar-refractivity contribution in [1.82, 2.24) is 10.6 Å². The van der Waals surface area contributed by atoms with Crippen LogP contribution < -0.4 is 10.6 Å². The van der Waals surface area contributed by atoms with E-state index < -0.39 is 0 Å². The minimum Gasteiger partial charge on any atom is -0.348 e. The molecule has 1 aromatic rings. The van der Waals surface area contributed by atoms with Crippen molar-refractivity contribution < 1.29 is 4.79 Å². The van der Waals surface area contributed by atoms with Gasteiger partial charge in [-0.1, -0.05) is 15.9 Å². The maximum Gasteiger partial charge on any atom is 0.251 e. The molecule has 1 aromatic carbocycles. The third kappa shape index (κ3) is 3.54. The van der Waals surface area contributed by atoms with E-state index in [2.05, 4.69) is 26.6 Å². The molecule has 0 saturated carbocycles. The number of amides is 1. The second-order valence-corrected chi connectivity index (χ2v) is 5.45. The highest BCUT2D eigenvalue weighted by Gasteiger charge is 2.16. The van der Waals surface area contributed by atoms with Crippen molar-refractivity contribution in [2.45, 2.75) is 25.8 Å². The summed E-state index contributed by atoms with van der Waals surface area (Å²) < 4.78 is 0.949. The molecule has 1 atom stereocenters. The van der Waals surface area contributed by atoms with Crippen LogP contribution >= 0.6 is 15.9 Å². The van der Waals surface area contributed by atoms with Crippen LogP contribution in [0.3, 0.4) is 0 Å². The van der Waals surface area contributed by atoms with Crippen molar-refractivity contribution in [2.75, 3.05) is 13.1 Å². The Hall–Kier alpha value is -0.870. The van der Waals surface area contributed by atoms with Gasteiger partial charge in [-0.25, -0.2) is 0 Å². The number of benzene rings is 1. The summed E-state index contributed by atoms with van der Waals surface area (Å²) in [5.41, 5.74) is 1.81. The molecule has 2 rings (SSSR count). The molecular formula is C13H17BrN2O. The van der Waals surface area contributed by atoms with E-state index in [1.54, 1.807) is 0 Å². The first-order valence-corrected chi connectivity index (χ1v) is 6.73. The van der Waals surface area contributed by atoms with Crippen LogP contribution in [0.15, 0.2) is 22.7 Å². The van der Waals surface area contributed by atoms with Crippen molar-refractivity contribution in [2.24, 2.45) is 0 Å². The van der Waals surface area contributed by atoms with E-state index in [0.29, 0.717) is 0 Å². The topological polar surface area (TPSA) is 41.1 Å². The molecule has 1 aliphatic rings. The largest absolute Gasteiger partial charge is 0.348 e. The van der Waals surface area contributed by atoms with E-state index in [1.807, 2.05) is 25.1 Å². The van der Waals surface area contributed by atoms with E-state index in [9.17, 15) is 4.79 Å². The van der Waals surface area contributed by atoms with Gasteiger partial charge in [0, 0.05) is 22.6 Å². The molecule has 1 fully saturated rings. The third-order valence-electron chi connectivity index (χ3n) is 2.94. The van der Waals surface area contributed by atoms with Crippen molar-refractivity contribution in [1.29, 1.82) is 0 Å². The Kier molecular flexibility index (Phi) is 4.18. The predicted octanol–water partition coefficient (Wildman–Crippen LogP) is 2.24. The van der Waals surface area contributed by atoms with Gasteiger partial charge in [-0.15, -0.1) is 0 Å². The highest BCUT2D eigenvalue weighted by molar-refractivity contribution is 9.10. The summed E-state index contributed by atoms with van der Waals surface area (Å²) in [6.07, 6.45) is 2.19. The first-order valence-electron chi connectivity index (χ1n) is 5.94. The van der Waals surface area contributed by atoms with Gasteiger partial charge in [-0.3, -0.25) is 4.79 Å². The summed E-state index contributed by atoms with van der Waals surface area (Å²) in [6.45, 7) is 3.92. The van der Waals surface area contributed by atoms with Crippen LogP contribution in [0.25, 0.3) is 0 Å². The molecule has 0 aromatic heterocycles. The van der Waals surface area contributed by atoms with E-state index in [4.69, 9.17) is 0 Å². The van der Waals surface area contributed by atoms with Crippen molar-refractivity contribution in [3.8, 4) is 0 Å².